The van der Waals surface area contributed by atoms with Gasteiger partial charge >= 0.3 is 0 Å². The van der Waals surface area contributed by atoms with Crippen LogP contribution >= 0.6 is 0 Å². The molecule has 0 fully saturated rings. The molecule has 1 heterocycles. The van der Waals surface area contributed by atoms with Crippen LogP contribution in [-0.2, 0) is 9.47 Å². The molecule has 0 atom stereocenters. The first kappa shape index (κ1) is 6.76. The van der Waals surface area contributed by atoms with E-state index in [4.69, 9.17) is 15.9 Å². The van der Waals surface area contributed by atoms with Gasteiger partial charge in [-0.1, -0.05) is 12.5 Å². The number of ether oxygens (including phenoxy) is 2. The molecule has 0 aliphatic carbocycles. The Morgan fingerprint density at radius 1 is 1.70 bits per heavy atom. The van der Waals surface area contributed by atoms with E-state index in [0.717, 1.165) is 0 Å². The number of rotatable bonds is 2. The fourth-order valence-corrected chi connectivity index (χ4v) is 0.719. The molecule has 0 radical (unpaired) electrons. The summed E-state index contributed by atoms with van der Waals surface area (Å²) in [4.78, 5) is 0. The molecule has 52 valence electrons. The molecule has 0 aromatic heterocycles. The highest BCUT2D eigenvalue weighted by molar-refractivity contribution is 5.19. The first-order chi connectivity index (χ1) is 4.88. The van der Waals surface area contributed by atoms with E-state index < -0.39 is 0 Å². The van der Waals surface area contributed by atoms with Gasteiger partial charge in [0.2, 0.25) is 6.79 Å². The third-order valence-corrected chi connectivity index (χ3v) is 1.17. The highest BCUT2D eigenvalue weighted by atomic mass is 16.7. The Morgan fingerprint density at radius 2 is 2.50 bits per heavy atom. The van der Waals surface area contributed by atoms with Gasteiger partial charge in [0.25, 0.3) is 0 Å². The highest BCUT2D eigenvalue weighted by Crippen LogP contribution is 2.18. The average Bonchev–Trinajstić information content (AvgIpc) is 2.36. The number of hydrogen-bond acceptors (Lipinski definition) is 2. The molecule has 0 aromatic carbocycles. The van der Waals surface area contributed by atoms with Crippen LogP contribution in [0, 0.1) is 12.3 Å². The van der Waals surface area contributed by atoms with Gasteiger partial charge in [-0.05, 0) is 6.08 Å². The van der Waals surface area contributed by atoms with Gasteiger partial charge < -0.3 is 9.47 Å². The fourth-order valence-electron chi connectivity index (χ4n) is 0.719. The van der Waals surface area contributed by atoms with Gasteiger partial charge in [0, 0.05) is 0 Å². The van der Waals surface area contributed by atoms with Crippen LogP contribution < -0.4 is 0 Å². The van der Waals surface area contributed by atoms with Crippen molar-refractivity contribution in [2.24, 2.45) is 0 Å². The Balaban J connectivity index is 2.70. The molecular formula is C8H8O2. The van der Waals surface area contributed by atoms with E-state index >= 15 is 0 Å². The van der Waals surface area contributed by atoms with E-state index in [0.29, 0.717) is 17.9 Å². The average molecular weight is 136 g/mol. The molecule has 0 saturated carbocycles. The van der Waals surface area contributed by atoms with Crippen molar-refractivity contribution < 1.29 is 9.47 Å². The van der Waals surface area contributed by atoms with Gasteiger partial charge in [-0.15, -0.1) is 6.42 Å². The molecule has 0 aromatic rings. The SMILES string of the molecule is C#CCC1=C(C=C)OCO1. The van der Waals surface area contributed by atoms with E-state index in [-0.39, 0.29) is 6.79 Å². The summed E-state index contributed by atoms with van der Waals surface area (Å²) in [5.74, 6) is 3.83. The Morgan fingerprint density at radius 3 is 3.10 bits per heavy atom. The summed E-state index contributed by atoms with van der Waals surface area (Å²) < 4.78 is 10.1. The maximum Gasteiger partial charge on any atom is 0.230 e. The van der Waals surface area contributed by atoms with Crippen molar-refractivity contribution in [3.8, 4) is 12.3 Å². The van der Waals surface area contributed by atoms with Crippen LogP contribution in [0.5, 0.6) is 0 Å². The lowest BCUT2D eigenvalue weighted by Crippen LogP contribution is -1.82. The molecular weight excluding hydrogens is 128 g/mol. The van der Waals surface area contributed by atoms with Crippen LogP contribution in [0.1, 0.15) is 6.42 Å². The molecule has 1 aliphatic rings. The standard InChI is InChI=1S/C8H8O2/c1-3-5-8-7(4-2)9-6-10-8/h1,4H,2,5-6H2. The van der Waals surface area contributed by atoms with Crippen LogP contribution in [0.3, 0.4) is 0 Å². The molecule has 0 amide bonds. The van der Waals surface area contributed by atoms with Gasteiger partial charge in [-0.2, -0.15) is 0 Å². The molecule has 2 heteroatoms. The Hall–Kier alpha value is -1.36. The molecule has 0 spiro atoms. The van der Waals surface area contributed by atoms with E-state index in [1.165, 1.54) is 0 Å². The quantitative estimate of drug-likeness (QED) is 0.534. The third-order valence-electron chi connectivity index (χ3n) is 1.17. The monoisotopic (exact) mass is 136 g/mol. The van der Waals surface area contributed by atoms with Crippen molar-refractivity contribution >= 4 is 0 Å². The van der Waals surface area contributed by atoms with Crippen molar-refractivity contribution in [3.63, 3.8) is 0 Å². The summed E-state index contributed by atoms with van der Waals surface area (Å²) in [6, 6.07) is 0. The Kier molecular flexibility index (Phi) is 2.01. The normalized spacial score (nSPS) is 15.5. The van der Waals surface area contributed by atoms with E-state index in [1.807, 2.05) is 0 Å². The minimum Gasteiger partial charge on any atom is -0.457 e. The summed E-state index contributed by atoms with van der Waals surface area (Å²) in [6.07, 6.45) is 7.14. The predicted octanol–water partition coefficient (Wildman–Crippen LogP) is 1.41. The molecule has 0 bridgehead atoms. The lowest BCUT2D eigenvalue weighted by atomic mass is 10.3. The second-order valence-corrected chi connectivity index (χ2v) is 1.78. The van der Waals surface area contributed by atoms with Crippen LogP contribution in [0.4, 0.5) is 0 Å². The van der Waals surface area contributed by atoms with Gasteiger partial charge in [-0.25, -0.2) is 0 Å². The predicted molar refractivity (Wildman–Crippen MR) is 37.7 cm³/mol. The Bertz CT molecular complexity index is 208. The first-order valence-electron chi connectivity index (χ1n) is 2.93. The number of allylic oxidation sites excluding steroid dienone is 2. The molecule has 10 heavy (non-hydrogen) atoms. The van der Waals surface area contributed by atoms with Gasteiger partial charge in [0.1, 0.15) is 0 Å². The van der Waals surface area contributed by atoms with Gasteiger partial charge in [0.15, 0.2) is 11.5 Å². The van der Waals surface area contributed by atoms with Crippen LogP contribution in [0.25, 0.3) is 0 Å². The van der Waals surface area contributed by atoms with Crippen molar-refractivity contribution in [3.05, 3.63) is 24.2 Å². The van der Waals surface area contributed by atoms with Crippen LogP contribution in [0.15, 0.2) is 24.2 Å². The zero-order chi connectivity index (χ0) is 7.40. The van der Waals surface area contributed by atoms with Crippen molar-refractivity contribution in [1.82, 2.24) is 0 Å². The van der Waals surface area contributed by atoms with Crippen molar-refractivity contribution in [1.29, 1.82) is 0 Å². The zero-order valence-corrected chi connectivity index (χ0v) is 5.59. The summed E-state index contributed by atoms with van der Waals surface area (Å²) in [6.45, 7) is 3.81. The molecule has 2 nitrogen and oxygen atoms in total. The smallest absolute Gasteiger partial charge is 0.230 e. The maximum absolute atomic E-state index is 5.07. The second-order valence-electron chi connectivity index (χ2n) is 1.78. The van der Waals surface area contributed by atoms with E-state index in [2.05, 4.69) is 12.5 Å². The first-order valence-corrected chi connectivity index (χ1v) is 2.93. The minimum absolute atomic E-state index is 0.262. The molecule has 1 aliphatic heterocycles. The van der Waals surface area contributed by atoms with Crippen molar-refractivity contribution in [2.45, 2.75) is 6.42 Å². The topological polar surface area (TPSA) is 18.5 Å². The molecule has 1 rings (SSSR count). The summed E-state index contributed by atoms with van der Waals surface area (Å²) in [5, 5.41) is 0. The molecule has 0 saturated heterocycles. The van der Waals surface area contributed by atoms with E-state index in [9.17, 15) is 0 Å². The van der Waals surface area contributed by atoms with Gasteiger partial charge in [0.05, 0.1) is 6.42 Å². The fraction of sp³-hybridized carbons (Fsp3) is 0.250. The lowest BCUT2D eigenvalue weighted by molar-refractivity contribution is 0.0736. The third kappa shape index (κ3) is 1.14. The number of hydrogen-bond donors (Lipinski definition) is 0. The maximum atomic E-state index is 5.07. The molecule has 0 unspecified atom stereocenters. The lowest BCUT2D eigenvalue weighted by Gasteiger charge is -1.92. The second kappa shape index (κ2) is 2.98. The zero-order valence-electron chi connectivity index (χ0n) is 5.59. The van der Waals surface area contributed by atoms with Gasteiger partial charge in [-0.3, -0.25) is 0 Å². The Labute approximate surface area is 60.1 Å². The minimum atomic E-state index is 0.262. The van der Waals surface area contributed by atoms with Crippen LogP contribution in [-0.4, -0.2) is 6.79 Å². The van der Waals surface area contributed by atoms with Crippen LogP contribution in [0.2, 0.25) is 0 Å². The van der Waals surface area contributed by atoms with Crippen molar-refractivity contribution in [2.75, 3.05) is 6.79 Å². The summed E-state index contributed by atoms with van der Waals surface area (Å²) >= 11 is 0. The largest absolute Gasteiger partial charge is 0.457 e. The summed E-state index contributed by atoms with van der Waals surface area (Å²) in [7, 11) is 0. The summed E-state index contributed by atoms with van der Waals surface area (Å²) in [5.41, 5.74) is 0. The van der Waals surface area contributed by atoms with E-state index in [1.54, 1.807) is 6.08 Å². The molecule has 0 N–H and O–H groups in total. The highest BCUT2D eigenvalue weighted by Gasteiger charge is 2.12. The number of terminal acetylenes is 1.